The number of hydrogen-bond acceptors (Lipinski definition) is 6. The molecule has 0 saturated heterocycles. The van der Waals surface area contributed by atoms with Gasteiger partial charge in [0.1, 0.15) is 5.82 Å². The molecule has 140 valence electrons. The van der Waals surface area contributed by atoms with Crippen LogP contribution in [0.5, 0.6) is 0 Å². The Balaban J connectivity index is 1.65. The largest absolute Gasteiger partial charge is 0.296 e. The molecule has 0 atom stereocenters. The molecule has 0 saturated carbocycles. The third-order valence-electron chi connectivity index (χ3n) is 3.34. The number of benzene rings is 2. The van der Waals surface area contributed by atoms with Crippen molar-refractivity contribution in [2.45, 2.75) is 10.9 Å². The monoisotopic (exact) mass is 426 g/mol. The topological polar surface area (TPSA) is 101 Å². The maximum absolute atomic E-state index is 12.9. The lowest BCUT2D eigenvalue weighted by Crippen LogP contribution is -2.23. The zero-order chi connectivity index (χ0) is 19.4. The second kappa shape index (κ2) is 8.09. The lowest BCUT2D eigenvalue weighted by atomic mass is 10.2. The summed E-state index contributed by atoms with van der Waals surface area (Å²) in [6.45, 7) is -0.0331. The predicted molar refractivity (Wildman–Crippen MR) is 99.7 cm³/mol. The van der Waals surface area contributed by atoms with Crippen LogP contribution in [0.4, 0.5) is 9.52 Å². The summed E-state index contributed by atoms with van der Waals surface area (Å²) in [5.41, 5.74) is 0.925. The molecule has 0 aliphatic carbocycles. The van der Waals surface area contributed by atoms with Gasteiger partial charge in [0.05, 0.1) is 0 Å². The summed E-state index contributed by atoms with van der Waals surface area (Å²) in [5.74, 6) is -0.877. The van der Waals surface area contributed by atoms with Gasteiger partial charge in [-0.15, -0.1) is 10.2 Å². The standard InChI is InChI=1S/C16H12ClFN4O3S2/c17-12-5-3-11(4-6-12)14(23)20-15-21-22-16(26-15)27(24,25)19-9-10-1-7-13(18)8-2-10/h1-8,19H,9H2,(H,20,21,23). The fraction of sp³-hybridized carbons (Fsp3) is 0.0625. The molecule has 1 amide bonds. The van der Waals surface area contributed by atoms with Crippen molar-refractivity contribution in [1.82, 2.24) is 14.9 Å². The fourth-order valence-corrected chi connectivity index (χ4v) is 4.06. The number of aromatic nitrogens is 2. The fourth-order valence-electron chi connectivity index (χ4n) is 1.98. The first-order valence-electron chi connectivity index (χ1n) is 7.48. The van der Waals surface area contributed by atoms with Crippen LogP contribution in [0, 0.1) is 5.82 Å². The molecule has 0 fully saturated rings. The first-order chi connectivity index (χ1) is 12.8. The van der Waals surface area contributed by atoms with Gasteiger partial charge in [-0.05, 0) is 42.0 Å². The molecule has 1 aromatic heterocycles. The van der Waals surface area contributed by atoms with Crippen molar-refractivity contribution in [1.29, 1.82) is 0 Å². The van der Waals surface area contributed by atoms with Crippen LogP contribution >= 0.6 is 22.9 Å². The predicted octanol–water partition coefficient (Wildman–Crippen LogP) is 3.06. The number of nitrogens with one attached hydrogen (secondary N) is 2. The van der Waals surface area contributed by atoms with E-state index in [4.69, 9.17) is 11.6 Å². The summed E-state index contributed by atoms with van der Waals surface area (Å²) in [5, 5.41) is 10.3. The third-order valence-corrected chi connectivity index (χ3v) is 6.20. The van der Waals surface area contributed by atoms with Gasteiger partial charge < -0.3 is 0 Å². The highest BCUT2D eigenvalue weighted by Crippen LogP contribution is 2.21. The summed E-state index contributed by atoms with van der Waals surface area (Å²) in [7, 11) is -3.92. The Kier molecular flexibility index (Phi) is 5.80. The molecule has 0 bridgehead atoms. The maximum atomic E-state index is 12.9. The second-order valence-corrected chi connectivity index (χ2v) is 8.64. The number of carbonyl (C=O) groups is 1. The quantitative estimate of drug-likeness (QED) is 0.590. The van der Waals surface area contributed by atoms with Crippen LogP contribution in [-0.2, 0) is 16.6 Å². The summed E-state index contributed by atoms with van der Waals surface area (Å²) in [6.07, 6.45) is 0. The number of hydrogen-bond donors (Lipinski definition) is 2. The minimum Gasteiger partial charge on any atom is -0.296 e. The SMILES string of the molecule is O=C(Nc1nnc(S(=O)(=O)NCc2ccc(F)cc2)s1)c1ccc(Cl)cc1. The molecule has 3 rings (SSSR count). The van der Waals surface area contributed by atoms with E-state index >= 15 is 0 Å². The van der Waals surface area contributed by atoms with Gasteiger partial charge in [-0.2, -0.15) is 0 Å². The second-order valence-electron chi connectivity index (χ2n) is 5.29. The van der Waals surface area contributed by atoms with Crippen LogP contribution in [0.1, 0.15) is 15.9 Å². The van der Waals surface area contributed by atoms with Gasteiger partial charge >= 0.3 is 0 Å². The number of halogens is 2. The molecule has 3 aromatic rings. The number of carbonyl (C=O) groups excluding carboxylic acids is 1. The minimum atomic E-state index is -3.92. The van der Waals surface area contributed by atoms with E-state index in [2.05, 4.69) is 20.2 Å². The van der Waals surface area contributed by atoms with E-state index in [0.29, 0.717) is 27.5 Å². The van der Waals surface area contributed by atoms with E-state index in [-0.39, 0.29) is 16.0 Å². The average Bonchev–Trinajstić information content (AvgIpc) is 3.11. The van der Waals surface area contributed by atoms with Gasteiger partial charge in [-0.25, -0.2) is 17.5 Å². The van der Waals surface area contributed by atoms with Crippen molar-refractivity contribution >= 4 is 44.0 Å². The van der Waals surface area contributed by atoms with Crippen molar-refractivity contribution in [3.8, 4) is 0 Å². The molecule has 0 aliphatic rings. The zero-order valence-corrected chi connectivity index (χ0v) is 15.9. The molecule has 0 spiro atoms. The lowest BCUT2D eigenvalue weighted by molar-refractivity contribution is 0.102. The van der Waals surface area contributed by atoms with Crippen LogP contribution in [0.25, 0.3) is 0 Å². The van der Waals surface area contributed by atoms with Crippen LogP contribution in [0.3, 0.4) is 0 Å². The van der Waals surface area contributed by atoms with E-state index in [9.17, 15) is 17.6 Å². The Bertz CT molecular complexity index is 1050. The molecular weight excluding hydrogens is 415 g/mol. The Morgan fingerprint density at radius 1 is 1.07 bits per heavy atom. The Morgan fingerprint density at radius 3 is 2.41 bits per heavy atom. The van der Waals surface area contributed by atoms with Crippen molar-refractivity contribution in [2.24, 2.45) is 0 Å². The average molecular weight is 427 g/mol. The van der Waals surface area contributed by atoms with Gasteiger partial charge in [0.25, 0.3) is 15.9 Å². The zero-order valence-electron chi connectivity index (χ0n) is 13.5. The number of nitrogens with zero attached hydrogens (tertiary/aromatic N) is 2. The van der Waals surface area contributed by atoms with Crippen molar-refractivity contribution in [3.05, 3.63) is 70.5 Å². The van der Waals surface area contributed by atoms with Crippen LogP contribution < -0.4 is 10.0 Å². The number of sulfonamides is 1. The molecular formula is C16H12ClFN4O3S2. The van der Waals surface area contributed by atoms with Gasteiger partial charge in [0.2, 0.25) is 9.47 Å². The highest BCUT2D eigenvalue weighted by atomic mass is 35.5. The Hall–Kier alpha value is -2.40. The Labute approximate surface area is 163 Å². The number of amides is 1. The van der Waals surface area contributed by atoms with Gasteiger partial charge in [-0.1, -0.05) is 35.1 Å². The lowest BCUT2D eigenvalue weighted by Gasteiger charge is -2.03. The molecule has 7 nitrogen and oxygen atoms in total. The molecule has 0 radical (unpaired) electrons. The minimum absolute atomic E-state index is 0.0331. The number of anilines is 1. The van der Waals surface area contributed by atoms with Crippen LogP contribution in [0.2, 0.25) is 5.02 Å². The molecule has 2 aromatic carbocycles. The molecule has 0 aliphatic heterocycles. The van der Waals surface area contributed by atoms with Gasteiger partial charge in [0, 0.05) is 17.1 Å². The third kappa shape index (κ3) is 5.07. The van der Waals surface area contributed by atoms with Crippen molar-refractivity contribution in [2.75, 3.05) is 5.32 Å². The molecule has 2 N–H and O–H groups in total. The van der Waals surface area contributed by atoms with Gasteiger partial charge in [0.15, 0.2) is 0 Å². The first kappa shape index (κ1) is 19.4. The summed E-state index contributed by atoms with van der Waals surface area (Å²) < 4.78 is 39.5. The molecule has 1 heterocycles. The molecule has 0 unspecified atom stereocenters. The summed E-state index contributed by atoms with van der Waals surface area (Å²) in [4.78, 5) is 12.1. The highest BCUT2D eigenvalue weighted by molar-refractivity contribution is 7.91. The normalized spacial score (nSPS) is 11.3. The first-order valence-corrected chi connectivity index (χ1v) is 10.2. The van der Waals surface area contributed by atoms with E-state index in [0.717, 1.165) is 0 Å². The smallest absolute Gasteiger partial charge is 0.270 e. The van der Waals surface area contributed by atoms with Crippen molar-refractivity contribution in [3.63, 3.8) is 0 Å². The van der Waals surface area contributed by atoms with E-state index in [1.54, 1.807) is 12.1 Å². The van der Waals surface area contributed by atoms with Gasteiger partial charge in [-0.3, -0.25) is 10.1 Å². The van der Waals surface area contributed by atoms with Crippen LogP contribution in [0.15, 0.2) is 52.9 Å². The van der Waals surface area contributed by atoms with Crippen molar-refractivity contribution < 1.29 is 17.6 Å². The molecule has 27 heavy (non-hydrogen) atoms. The van der Waals surface area contributed by atoms with E-state index < -0.39 is 21.7 Å². The highest BCUT2D eigenvalue weighted by Gasteiger charge is 2.21. The van der Waals surface area contributed by atoms with E-state index in [1.807, 2.05) is 0 Å². The Morgan fingerprint density at radius 2 is 1.74 bits per heavy atom. The molecule has 11 heteroatoms. The maximum Gasteiger partial charge on any atom is 0.270 e. The number of rotatable bonds is 6. The van der Waals surface area contributed by atoms with E-state index in [1.165, 1.54) is 36.4 Å². The summed E-state index contributed by atoms with van der Waals surface area (Å²) in [6, 6.07) is 11.6. The van der Waals surface area contributed by atoms with Crippen LogP contribution in [-0.4, -0.2) is 24.5 Å². The summed E-state index contributed by atoms with van der Waals surface area (Å²) >= 11 is 6.48.